The summed E-state index contributed by atoms with van der Waals surface area (Å²) < 4.78 is 1.11. The molecule has 1 N–H and O–H groups in total. The number of hydrogen-bond donors (Lipinski definition) is 1. The molecule has 58 valence electrons. The Morgan fingerprint density at radius 2 is 2.42 bits per heavy atom. The molecule has 2 aromatic heterocycles. The highest BCUT2D eigenvalue weighted by atomic mass is 16.1. The van der Waals surface area contributed by atoms with E-state index >= 15 is 0 Å². The quantitative estimate of drug-likeness (QED) is 0.552. The summed E-state index contributed by atoms with van der Waals surface area (Å²) in [5, 5.41) is 11.0. The van der Waals surface area contributed by atoms with Crippen LogP contribution in [-0.4, -0.2) is 19.6 Å². The van der Waals surface area contributed by atoms with Gasteiger partial charge in [0.1, 0.15) is 18.0 Å². The second kappa shape index (κ2) is 2.17. The Labute approximate surface area is 66.1 Å². The van der Waals surface area contributed by atoms with E-state index in [1.807, 2.05) is 0 Å². The van der Waals surface area contributed by atoms with Crippen molar-refractivity contribution < 1.29 is 0 Å². The molecule has 2 aromatic rings. The summed E-state index contributed by atoms with van der Waals surface area (Å²) in [6.45, 7) is 0. The van der Waals surface area contributed by atoms with Crippen molar-refractivity contribution >= 4 is 5.78 Å². The van der Waals surface area contributed by atoms with E-state index in [1.54, 1.807) is 6.07 Å². The van der Waals surface area contributed by atoms with E-state index in [1.165, 1.54) is 12.5 Å². The smallest absolute Gasteiger partial charge is 0.278 e. The monoisotopic (exact) mass is 161 g/mol. The molecular formula is C6H3N5O. The zero-order valence-corrected chi connectivity index (χ0v) is 5.85. The van der Waals surface area contributed by atoms with Gasteiger partial charge in [-0.15, -0.1) is 0 Å². The second-order valence-electron chi connectivity index (χ2n) is 2.11. The molecule has 0 aliphatic heterocycles. The molecule has 0 atom stereocenters. The maximum atomic E-state index is 11.2. The maximum absolute atomic E-state index is 11.2. The third-order valence-corrected chi connectivity index (χ3v) is 1.43. The Morgan fingerprint density at radius 1 is 1.58 bits per heavy atom. The van der Waals surface area contributed by atoms with E-state index < -0.39 is 5.56 Å². The van der Waals surface area contributed by atoms with Gasteiger partial charge in [-0.1, -0.05) is 0 Å². The Kier molecular flexibility index (Phi) is 1.18. The molecule has 0 aliphatic carbocycles. The predicted molar refractivity (Wildman–Crippen MR) is 38.3 cm³/mol. The lowest BCUT2D eigenvalue weighted by Gasteiger charge is -1.88. The largest absolute Gasteiger partial charge is 0.291 e. The van der Waals surface area contributed by atoms with Gasteiger partial charge in [0, 0.05) is 0 Å². The van der Waals surface area contributed by atoms with Crippen LogP contribution in [0.2, 0.25) is 0 Å². The number of nitriles is 1. The molecule has 12 heavy (non-hydrogen) atoms. The van der Waals surface area contributed by atoms with Crippen molar-refractivity contribution in [3.05, 3.63) is 28.4 Å². The van der Waals surface area contributed by atoms with Gasteiger partial charge in [0.25, 0.3) is 11.3 Å². The van der Waals surface area contributed by atoms with Crippen LogP contribution in [0.25, 0.3) is 5.78 Å². The fourth-order valence-corrected chi connectivity index (χ4v) is 0.875. The first kappa shape index (κ1) is 6.54. The lowest BCUT2D eigenvalue weighted by Crippen LogP contribution is -2.17. The summed E-state index contributed by atoms with van der Waals surface area (Å²) in [7, 11) is 0. The molecule has 0 bridgehead atoms. The third kappa shape index (κ3) is 0.703. The zero-order chi connectivity index (χ0) is 8.55. The van der Waals surface area contributed by atoms with Crippen molar-refractivity contribution in [2.45, 2.75) is 0 Å². The van der Waals surface area contributed by atoms with Crippen molar-refractivity contribution in [3.8, 4) is 6.07 Å². The maximum Gasteiger partial charge on any atom is 0.291 e. The lowest BCUT2D eigenvalue weighted by molar-refractivity contribution is 0.893. The van der Waals surface area contributed by atoms with Gasteiger partial charge in [0.2, 0.25) is 0 Å². The molecular weight excluding hydrogens is 158 g/mol. The van der Waals surface area contributed by atoms with Crippen molar-refractivity contribution in [3.63, 3.8) is 0 Å². The Balaban J connectivity index is 3.00. The minimum Gasteiger partial charge on any atom is -0.278 e. The molecule has 0 saturated carbocycles. The van der Waals surface area contributed by atoms with Gasteiger partial charge < -0.3 is 0 Å². The number of fused-ring (bicyclic) bond motifs is 1. The summed E-state index contributed by atoms with van der Waals surface area (Å²) in [4.78, 5) is 18.8. The Morgan fingerprint density at radius 3 is 3.17 bits per heavy atom. The van der Waals surface area contributed by atoms with E-state index in [9.17, 15) is 4.79 Å². The number of H-pyrrole nitrogens is 1. The minimum atomic E-state index is -0.431. The first-order chi connectivity index (χ1) is 5.83. The number of nitrogens with zero attached hydrogens (tertiary/aromatic N) is 4. The molecule has 0 spiro atoms. The summed E-state index contributed by atoms with van der Waals surface area (Å²) in [5.74, 6) is 0.263. The van der Waals surface area contributed by atoms with Crippen LogP contribution in [0.4, 0.5) is 0 Å². The van der Waals surface area contributed by atoms with E-state index in [-0.39, 0.29) is 11.3 Å². The van der Waals surface area contributed by atoms with Gasteiger partial charge in [-0.05, 0) is 0 Å². The second-order valence-corrected chi connectivity index (χ2v) is 2.11. The van der Waals surface area contributed by atoms with Crippen molar-refractivity contribution in [1.82, 2.24) is 19.6 Å². The van der Waals surface area contributed by atoms with Crippen LogP contribution in [0.1, 0.15) is 5.56 Å². The fourth-order valence-electron chi connectivity index (χ4n) is 0.875. The van der Waals surface area contributed by atoms with Crippen LogP contribution < -0.4 is 5.56 Å². The first-order valence-electron chi connectivity index (χ1n) is 3.14. The molecule has 0 aliphatic rings. The van der Waals surface area contributed by atoms with Gasteiger partial charge in [-0.2, -0.15) is 9.78 Å². The summed E-state index contributed by atoms with van der Waals surface area (Å²) in [5.41, 5.74) is -0.434. The number of rotatable bonds is 0. The highest BCUT2D eigenvalue weighted by Crippen LogP contribution is 1.89. The minimum absolute atomic E-state index is 0.00301. The van der Waals surface area contributed by atoms with E-state index in [4.69, 9.17) is 5.26 Å². The van der Waals surface area contributed by atoms with E-state index in [2.05, 4.69) is 15.1 Å². The van der Waals surface area contributed by atoms with Crippen LogP contribution in [0, 0.1) is 11.3 Å². The van der Waals surface area contributed by atoms with E-state index in [0.717, 1.165) is 4.52 Å². The average Bonchev–Trinajstić information content (AvgIpc) is 2.53. The van der Waals surface area contributed by atoms with Gasteiger partial charge in [0.05, 0.1) is 6.20 Å². The van der Waals surface area contributed by atoms with Crippen LogP contribution >= 0.6 is 0 Å². The Hall–Kier alpha value is -2.16. The number of nitrogens with one attached hydrogen (secondary N) is 1. The summed E-state index contributed by atoms with van der Waals surface area (Å²) in [6.07, 6.45) is 2.55. The topological polar surface area (TPSA) is 86.8 Å². The van der Waals surface area contributed by atoms with Gasteiger partial charge >= 0.3 is 0 Å². The molecule has 2 rings (SSSR count). The molecule has 0 amide bonds. The van der Waals surface area contributed by atoms with Crippen molar-refractivity contribution in [2.24, 2.45) is 0 Å². The Bertz CT molecular complexity index is 516. The summed E-state index contributed by atoms with van der Waals surface area (Å²) in [6, 6.07) is 1.73. The predicted octanol–water partition coefficient (Wildman–Crippen LogP) is -0.711. The number of hydrogen-bond acceptors (Lipinski definition) is 4. The molecule has 0 radical (unpaired) electrons. The molecule has 0 saturated heterocycles. The molecule has 2 heterocycles. The third-order valence-electron chi connectivity index (χ3n) is 1.43. The zero-order valence-electron chi connectivity index (χ0n) is 5.85. The van der Waals surface area contributed by atoms with Crippen LogP contribution in [0.3, 0.4) is 0 Å². The number of aromatic nitrogens is 4. The molecule has 6 nitrogen and oxygen atoms in total. The SMILES string of the molecule is N#Cc1cnc2nc[nH]n2c1=O. The van der Waals surface area contributed by atoms with Crippen LogP contribution in [0.15, 0.2) is 17.3 Å². The molecule has 0 aromatic carbocycles. The molecule has 0 unspecified atom stereocenters. The highest BCUT2D eigenvalue weighted by molar-refractivity contribution is 5.31. The lowest BCUT2D eigenvalue weighted by atomic mass is 10.4. The molecule has 6 heteroatoms. The standard InChI is InChI=1S/C6H3N5O/c7-1-4-2-8-6-9-3-10-11(6)5(4)12/h2-3H,(H,8,9,10). The van der Waals surface area contributed by atoms with Crippen LogP contribution in [0.5, 0.6) is 0 Å². The fraction of sp³-hybridized carbons (Fsp3) is 0. The highest BCUT2D eigenvalue weighted by Gasteiger charge is 2.03. The number of aromatic amines is 1. The normalized spacial score (nSPS) is 9.92. The van der Waals surface area contributed by atoms with Crippen molar-refractivity contribution in [1.29, 1.82) is 5.26 Å². The first-order valence-corrected chi connectivity index (χ1v) is 3.14. The molecule has 0 fully saturated rings. The van der Waals surface area contributed by atoms with Gasteiger partial charge in [-0.25, -0.2) is 9.97 Å². The van der Waals surface area contributed by atoms with Gasteiger partial charge in [0.15, 0.2) is 0 Å². The van der Waals surface area contributed by atoms with E-state index in [0.29, 0.717) is 0 Å². The average molecular weight is 161 g/mol. The summed E-state index contributed by atoms with van der Waals surface area (Å²) >= 11 is 0. The van der Waals surface area contributed by atoms with Gasteiger partial charge in [-0.3, -0.25) is 9.89 Å². The van der Waals surface area contributed by atoms with Crippen molar-refractivity contribution in [2.75, 3.05) is 0 Å². The van der Waals surface area contributed by atoms with Crippen LogP contribution in [-0.2, 0) is 0 Å².